The Bertz CT molecular complexity index is 1050. The number of amides is 1. The molecule has 0 aromatic rings. The molecule has 0 spiro atoms. The molecule has 0 aliphatic heterocycles. The van der Waals surface area contributed by atoms with Gasteiger partial charge in [-0.2, -0.15) is 0 Å². The number of allylic oxidation sites excluding steroid dienone is 2. The molecule has 0 radical (unpaired) electrons. The third kappa shape index (κ3) is 55.9. The smallest absolute Gasteiger partial charge is 0.305 e. The van der Waals surface area contributed by atoms with E-state index in [0.29, 0.717) is 25.9 Å². The van der Waals surface area contributed by atoms with Crippen LogP contribution in [0.1, 0.15) is 361 Å². The van der Waals surface area contributed by atoms with Crippen molar-refractivity contribution < 1.29 is 24.5 Å². The van der Waals surface area contributed by atoms with Crippen LogP contribution in [-0.2, 0) is 14.3 Å². The van der Waals surface area contributed by atoms with Gasteiger partial charge in [0, 0.05) is 12.8 Å². The number of aliphatic hydroxyl groups is 2. The number of aliphatic hydroxyl groups excluding tert-OH is 2. The normalized spacial score (nSPS) is 12.6. The third-order valence-electron chi connectivity index (χ3n) is 15.1. The van der Waals surface area contributed by atoms with E-state index in [0.717, 1.165) is 38.5 Å². The zero-order valence-electron chi connectivity index (χ0n) is 47.5. The van der Waals surface area contributed by atoms with Crippen molar-refractivity contribution in [3.05, 3.63) is 12.2 Å². The second kappa shape index (κ2) is 60.2. The van der Waals surface area contributed by atoms with Gasteiger partial charge in [-0.1, -0.05) is 309 Å². The molecule has 0 bridgehead atoms. The van der Waals surface area contributed by atoms with Crippen LogP contribution in [0.2, 0.25) is 0 Å². The molecule has 1 amide bonds. The van der Waals surface area contributed by atoms with Gasteiger partial charge in [-0.15, -0.1) is 0 Å². The van der Waals surface area contributed by atoms with Crippen molar-refractivity contribution in [3.8, 4) is 0 Å². The van der Waals surface area contributed by atoms with E-state index < -0.39 is 12.1 Å². The van der Waals surface area contributed by atoms with Crippen LogP contribution in [-0.4, -0.2) is 47.4 Å². The quantitative estimate of drug-likeness (QED) is 0.0321. The minimum Gasteiger partial charge on any atom is -0.466 e. The summed E-state index contributed by atoms with van der Waals surface area (Å²) in [4.78, 5) is 24.5. The van der Waals surface area contributed by atoms with Gasteiger partial charge in [-0.25, -0.2) is 0 Å². The van der Waals surface area contributed by atoms with Gasteiger partial charge in [0.05, 0.1) is 25.4 Å². The zero-order chi connectivity index (χ0) is 50.7. The molecule has 2 unspecified atom stereocenters. The molecule has 416 valence electrons. The van der Waals surface area contributed by atoms with E-state index in [1.165, 1.54) is 289 Å². The number of hydrogen-bond donors (Lipinski definition) is 3. The minimum absolute atomic E-state index is 0.0138. The molecular weight excluding hydrogens is 863 g/mol. The molecule has 6 nitrogen and oxygen atoms in total. The first-order valence-electron chi connectivity index (χ1n) is 31.9. The molecule has 0 aliphatic carbocycles. The second-order valence-electron chi connectivity index (χ2n) is 22.1. The van der Waals surface area contributed by atoms with Gasteiger partial charge in [-0.3, -0.25) is 9.59 Å². The van der Waals surface area contributed by atoms with Crippen LogP contribution in [0.15, 0.2) is 12.2 Å². The van der Waals surface area contributed by atoms with E-state index in [-0.39, 0.29) is 18.5 Å². The first-order valence-corrected chi connectivity index (χ1v) is 31.9. The number of carbonyl (C=O) groups excluding carboxylic acids is 2. The van der Waals surface area contributed by atoms with Gasteiger partial charge in [0.15, 0.2) is 0 Å². The lowest BCUT2D eigenvalue weighted by Gasteiger charge is -2.22. The van der Waals surface area contributed by atoms with Crippen LogP contribution in [0.5, 0.6) is 0 Å². The van der Waals surface area contributed by atoms with Crippen molar-refractivity contribution in [2.75, 3.05) is 13.2 Å². The van der Waals surface area contributed by atoms with Gasteiger partial charge in [0.25, 0.3) is 0 Å². The highest BCUT2D eigenvalue weighted by Crippen LogP contribution is 2.18. The van der Waals surface area contributed by atoms with Crippen LogP contribution in [0.4, 0.5) is 0 Å². The van der Waals surface area contributed by atoms with Gasteiger partial charge in [0.2, 0.25) is 5.91 Å². The Morgan fingerprint density at radius 1 is 0.386 bits per heavy atom. The Hall–Kier alpha value is -1.40. The van der Waals surface area contributed by atoms with Crippen molar-refractivity contribution in [3.63, 3.8) is 0 Å². The van der Waals surface area contributed by atoms with Crippen LogP contribution >= 0.6 is 0 Å². The summed E-state index contributed by atoms with van der Waals surface area (Å²) in [5.74, 6) is -0.0242. The van der Waals surface area contributed by atoms with Crippen LogP contribution in [0.25, 0.3) is 0 Å². The van der Waals surface area contributed by atoms with Crippen LogP contribution in [0.3, 0.4) is 0 Å². The van der Waals surface area contributed by atoms with Gasteiger partial charge in [0.1, 0.15) is 0 Å². The number of hydrogen-bond acceptors (Lipinski definition) is 5. The van der Waals surface area contributed by atoms with E-state index in [1.54, 1.807) is 0 Å². The molecule has 0 heterocycles. The van der Waals surface area contributed by atoms with E-state index >= 15 is 0 Å². The molecule has 0 rings (SSSR count). The van der Waals surface area contributed by atoms with Crippen LogP contribution < -0.4 is 5.32 Å². The molecule has 0 saturated carbocycles. The summed E-state index contributed by atoms with van der Waals surface area (Å²) in [7, 11) is 0. The fraction of sp³-hybridized carbons (Fsp3) is 0.938. The highest BCUT2D eigenvalue weighted by atomic mass is 16.5. The lowest BCUT2D eigenvalue weighted by molar-refractivity contribution is -0.143. The maximum Gasteiger partial charge on any atom is 0.305 e. The Morgan fingerprint density at radius 2 is 0.671 bits per heavy atom. The third-order valence-corrected chi connectivity index (χ3v) is 15.1. The Morgan fingerprint density at radius 3 is 1.01 bits per heavy atom. The number of rotatable bonds is 60. The van der Waals surface area contributed by atoms with E-state index in [1.807, 2.05) is 0 Å². The van der Waals surface area contributed by atoms with Crippen LogP contribution in [0, 0.1) is 0 Å². The van der Waals surface area contributed by atoms with Gasteiger partial charge < -0.3 is 20.3 Å². The van der Waals surface area contributed by atoms with Crippen molar-refractivity contribution in [1.82, 2.24) is 5.32 Å². The molecule has 6 heteroatoms. The lowest BCUT2D eigenvalue weighted by Crippen LogP contribution is -2.45. The maximum absolute atomic E-state index is 12.5. The first kappa shape index (κ1) is 68.6. The zero-order valence-corrected chi connectivity index (χ0v) is 47.5. The summed E-state index contributed by atoms with van der Waals surface area (Å²) < 4.78 is 5.48. The molecule has 0 aromatic heterocycles. The summed E-state index contributed by atoms with van der Waals surface area (Å²) in [6, 6.07) is -0.545. The Labute approximate surface area is 438 Å². The monoisotopic (exact) mass is 988 g/mol. The van der Waals surface area contributed by atoms with Gasteiger partial charge in [-0.05, 0) is 51.4 Å². The predicted octanol–water partition coefficient (Wildman–Crippen LogP) is 20.0. The summed E-state index contributed by atoms with van der Waals surface area (Å²) in [6.07, 6.45) is 72.2. The highest BCUT2D eigenvalue weighted by Gasteiger charge is 2.20. The van der Waals surface area contributed by atoms with E-state index in [4.69, 9.17) is 4.74 Å². The van der Waals surface area contributed by atoms with Gasteiger partial charge >= 0.3 is 5.97 Å². The number of esters is 1. The molecule has 0 aliphatic rings. The first-order chi connectivity index (χ1) is 34.5. The minimum atomic E-state index is -0.668. The number of nitrogens with one attached hydrogen (secondary N) is 1. The summed E-state index contributed by atoms with van der Waals surface area (Å²) in [5, 5.41) is 23.3. The molecule has 70 heavy (non-hydrogen) atoms. The summed E-state index contributed by atoms with van der Waals surface area (Å²) in [6.45, 7) is 4.98. The van der Waals surface area contributed by atoms with E-state index in [2.05, 4.69) is 31.3 Å². The highest BCUT2D eigenvalue weighted by molar-refractivity contribution is 5.76. The van der Waals surface area contributed by atoms with Crippen molar-refractivity contribution in [2.24, 2.45) is 0 Å². The molecule has 0 saturated heterocycles. The second-order valence-corrected chi connectivity index (χ2v) is 22.1. The standard InChI is InChI=1S/C64H125NO5/c1-3-5-7-9-11-13-15-17-18-26-29-33-36-40-44-48-52-56-62(67)61(60-66)65-63(68)57-53-49-45-41-37-34-30-27-24-22-20-19-21-23-25-28-31-35-39-43-47-51-55-59-70-64(69)58-54-50-46-42-38-32-16-14-12-10-8-6-4-2/h22,24,61-62,66-67H,3-21,23,25-60H2,1-2H3,(H,65,68)/b24-22-. The Kier molecular flexibility index (Phi) is 59.0. The lowest BCUT2D eigenvalue weighted by atomic mass is 10.0. The number of unbranched alkanes of at least 4 members (excludes halogenated alkanes) is 47. The van der Waals surface area contributed by atoms with Crippen molar-refractivity contribution in [1.29, 1.82) is 0 Å². The largest absolute Gasteiger partial charge is 0.466 e. The van der Waals surface area contributed by atoms with Crippen molar-refractivity contribution in [2.45, 2.75) is 373 Å². The fourth-order valence-electron chi connectivity index (χ4n) is 10.2. The average Bonchev–Trinajstić information content (AvgIpc) is 3.36. The number of ether oxygens (including phenoxy) is 1. The fourth-order valence-corrected chi connectivity index (χ4v) is 10.2. The molecule has 2 atom stereocenters. The summed E-state index contributed by atoms with van der Waals surface area (Å²) >= 11 is 0. The molecule has 0 fully saturated rings. The average molecular weight is 989 g/mol. The number of carbonyl (C=O) groups is 2. The summed E-state index contributed by atoms with van der Waals surface area (Å²) in [5.41, 5.74) is 0. The van der Waals surface area contributed by atoms with E-state index in [9.17, 15) is 19.8 Å². The molecule has 3 N–H and O–H groups in total. The molecular formula is C64H125NO5. The Balaban J connectivity index is 3.40. The predicted molar refractivity (Wildman–Crippen MR) is 306 cm³/mol. The SMILES string of the molecule is CCCCCCCCCCCCCCCCCCCC(O)C(CO)NC(=O)CCCCCCCCC/C=C\CCCCCCCCCCCCCCOC(=O)CCCCCCCCCCCCCCC. The van der Waals surface area contributed by atoms with Crippen molar-refractivity contribution >= 4 is 11.9 Å². The molecule has 0 aromatic carbocycles. The maximum atomic E-state index is 12.5. The topological polar surface area (TPSA) is 95.9 Å².